The molecule has 0 radical (unpaired) electrons. The minimum absolute atomic E-state index is 0. The topological polar surface area (TPSA) is 86.3 Å². The molecule has 4 N–H and O–H groups in total. The lowest BCUT2D eigenvalue weighted by molar-refractivity contribution is -0.117. The molecule has 8 heteroatoms. The van der Waals surface area contributed by atoms with E-state index in [1.54, 1.807) is 18.3 Å². The molecule has 2 atom stereocenters. The second-order valence-electron chi connectivity index (χ2n) is 5.26. The van der Waals surface area contributed by atoms with Gasteiger partial charge in [-0.25, -0.2) is 4.98 Å². The molecule has 2 unspecified atom stereocenters. The first kappa shape index (κ1) is 20.2. The Morgan fingerprint density at radius 3 is 2.46 bits per heavy atom. The molecule has 2 aromatic rings. The average molecular weight is 371 g/mol. The van der Waals surface area contributed by atoms with E-state index in [-0.39, 0.29) is 36.8 Å². The predicted molar refractivity (Wildman–Crippen MR) is 99.5 cm³/mol. The van der Waals surface area contributed by atoms with E-state index in [1.807, 2.05) is 30.3 Å². The summed E-state index contributed by atoms with van der Waals surface area (Å²) in [7, 11) is 0. The molecule has 0 bridgehead atoms. The molecule has 1 aromatic heterocycles. The number of hydrogen-bond donors (Lipinski definition) is 4. The Labute approximate surface area is 152 Å². The number of carbonyl (C=O) groups is 1. The Morgan fingerprint density at radius 1 is 1.12 bits per heavy atom. The van der Waals surface area contributed by atoms with E-state index in [1.165, 1.54) is 0 Å². The average Bonchev–Trinajstić information content (AvgIpc) is 2.97. The zero-order valence-electron chi connectivity index (χ0n) is 12.8. The van der Waals surface area contributed by atoms with Gasteiger partial charge in [-0.05, 0) is 30.7 Å². The first-order chi connectivity index (χ1) is 10.7. The van der Waals surface area contributed by atoms with Crippen LogP contribution >= 0.6 is 24.8 Å². The Bertz CT molecular complexity index is 640. The number of aliphatic hydroxyl groups is 1. The van der Waals surface area contributed by atoms with Crippen molar-refractivity contribution in [1.82, 2.24) is 10.3 Å². The molecule has 0 spiro atoms. The van der Waals surface area contributed by atoms with Gasteiger partial charge in [0.15, 0.2) is 0 Å². The number of nitrogens with zero attached hydrogens (tertiary/aromatic N) is 1. The molecular weight excluding hydrogens is 351 g/mol. The largest absolute Gasteiger partial charge is 0.392 e. The van der Waals surface area contributed by atoms with E-state index >= 15 is 0 Å². The van der Waals surface area contributed by atoms with Gasteiger partial charge < -0.3 is 21.1 Å². The number of hydrogen-bond acceptors (Lipinski definition) is 5. The summed E-state index contributed by atoms with van der Waals surface area (Å²) in [4.78, 5) is 16.3. The van der Waals surface area contributed by atoms with Crippen LogP contribution < -0.4 is 16.0 Å². The Hall–Kier alpha value is -1.86. The lowest BCUT2D eigenvalue weighted by Gasteiger charge is -2.11. The number of nitrogens with one attached hydrogen (secondary N) is 3. The number of aliphatic hydroxyl groups excluding tert-OH is 1. The molecule has 0 aliphatic carbocycles. The standard InChI is InChI=1S/C16H18N4O2.2ClH/c21-13-8-14(17-10-13)16(22)20-12-6-7-15(18-9-12)19-11-4-2-1-3-5-11;;/h1-7,9,13-14,17,21H,8,10H2,(H,18,19)(H,20,22);2*1H. The van der Waals surface area contributed by atoms with Gasteiger partial charge in [-0.1, -0.05) is 18.2 Å². The Morgan fingerprint density at radius 2 is 1.88 bits per heavy atom. The van der Waals surface area contributed by atoms with E-state index < -0.39 is 6.10 Å². The van der Waals surface area contributed by atoms with Crippen LogP contribution in [0.5, 0.6) is 0 Å². The zero-order valence-corrected chi connectivity index (χ0v) is 14.4. The molecule has 1 amide bonds. The third kappa shape index (κ3) is 5.35. The van der Waals surface area contributed by atoms with E-state index in [9.17, 15) is 9.90 Å². The van der Waals surface area contributed by atoms with Crippen LogP contribution in [0.3, 0.4) is 0 Å². The highest BCUT2D eigenvalue weighted by molar-refractivity contribution is 5.95. The first-order valence-corrected chi connectivity index (χ1v) is 7.21. The number of aromatic nitrogens is 1. The maximum absolute atomic E-state index is 12.0. The van der Waals surface area contributed by atoms with Gasteiger partial charge in [0.2, 0.25) is 5.91 Å². The fraction of sp³-hybridized carbons (Fsp3) is 0.250. The number of halogens is 2. The first-order valence-electron chi connectivity index (χ1n) is 7.21. The van der Waals surface area contributed by atoms with E-state index in [4.69, 9.17) is 0 Å². The van der Waals surface area contributed by atoms with Crippen LogP contribution in [0.4, 0.5) is 17.2 Å². The molecule has 24 heavy (non-hydrogen) atoms. The monoisotopic (exact) mass is 370 g/mol. The highest BCUT2D eigenvalue weighted by Crippen LogP contribution is 2.16. The normalized spacial score (nSPS) is 18.9. The van der Waals surface area contributed by atoms with Crippen LogP contribution in [0.25, 0.3) is 0 Å². The van der Waals surface area contributed by atoms with E-state index in [0.29, 0.717) is 24.5 Å². The van der Waals surface area contributed by atoms with Crippen LogP contribution in [-0.4, -0.2) is 34.7 Å². The molecular formula is C16H20Cl2N4O2. The van der Waals surface area contributed by atoms with Crippen molar-refractivity contribution >= 4 is 47.9 Å². The molecule has 0 saturated carbocycles. The van der Waals surface area contributed by atoms with Gasteiger partial charge in [0.25, 0.3) is 0 Å². The quantitative estimate of drug-likeness (QED) is 0.663. The summed E-state index contributed by atoms with van der Waals surface area (Å²) in [6.07, 6.45) is 1.59. The lowest BCUT2D eigenvalue weighted by Crippen LogP contribution is -2.35. The molecule has 2 heterocycles. The number of anilines is 3. The molecule has 1 saturated heterocycles. The second-order valence-corrected chi connectivity index (χ2v) is 5.26. The molecule has 6 nitrogen and oxygen atoms in total. The highest BCUT2D eigenvalue weighted by Gasteiger charge is 2.27. The van der Waals surface area contributed by atoms with E-state index in [0.717, 1.165) is 5.69 Å². The number of benzene rings is 1. The summed E-state index contributed by atoms with van der Waals surface area (Å²) in [6, 6.07) is 13.0. The Kier molecular flexibility index (Phi) is 7.94. The van der Waals surface area contributed by atoms with Crippen molar-refractivity contribution in [3.05, 3.63) is 48.7 Å². The number of para-hydroxylation sites is 1. The van der Waals surface area contributed by atoms with Gasteiger partial charge in [-0.15, -0.1) is 24.8 Å². The second kappa shape index (κ2) is 9.44. The number of pyridine rings is 1. The van der Waals surface area contributed by atoms with Gasteiger partial charge in [0.05, 0.1) is 24.0 Å². The Balaban J connectivity index is 0.00000144. The van der Waals surface area contributed by atoms with Crippen LogP contribution in [-0.2, 0) is 4.79 Å². The minimum atomic E-state index is -0.452. The van der Waals surface area contributed by atoms with E-state index in [2.05, 4.69) is 20.9 Å². The summed E-state index contributed by atoms with van der Waals surface area (Å²) >= 11 is 0. The molecule has 3 rings (SSSR count). The van der Waals surface area contributed by atoms with Crippen LogP contribution in [0, 0.1) is 0 Å². The maximum Gasteiger partial charge on any atom is 0.241 e. The molecule has 1 fully saturated rings. The fourth-order valence-corrected chi connectivity index (χ4v) is 2.36. The summed E-state index contributed by atoms with van der Waals surface area (Å²) in [5.74, 6) is 0.556. The smallest absolute Gasteiger partial charge is 0.241 e. The lowest BCUT2D eigenvalue weighted by atomic mass is 10.2. The molecule has 1 aromatic carbocycles. The molecule has 1 aliphatic heterocycles. The minimum Gasteiger partial charge on any atom is -0.392 e. The number of rotatable bonds is 4. The summed E-state index contributed by atoms with van der Waals surface area (Å²) in [6.45, 7) is 0.455. The maximum atomic E-state index is 12.0. The van der Waals surface area contributed by atoms with Gasteiger partial charge in [-0.2, -0.15) is 0 Å². The van der Waals surface area contributed by atoms with Gasteiger partial charge >= 0.3 is 0 Å². The van der Waals surface area contributed by atoms with Gasteiger partial charge in [-0.3, -0.25) is 4.79 Å². The predicted octanol–water partition coefficient (Wildman–Crippen LogP) is 2.33. The van der Waals surface area contributed by atoms with Crippen molar-refractivity contribution in [2.24, 2.45) is 0 Å². The third-order valence-corrected chi connectivity index (χ3v) is 3.50. The van der Waals surface area contributed by atoms with Crippen molar-refractivity contribution in [2.45, 2.75) is 18.6 Å². The zero-order chi connectivity index (χ0) is 15.4. The summed E-state index contributed by atoms with van der Waals surface area (Å²) in [5.41, 5.74) is 1.59. The summed E-state index contributed by atoms with van der Waals surface area (Å²) < 4.78 is 0. The van der Waals surface area contributed by atoms with Crippen molar-refractivity contribution in [3.8, 4) is 0 Å². The third-order valence-electron chi connectivity index (χ3n) is 3.50. The summed E-state index contributed by atoms with van der Waals surface area (Å²) in [5, 5.41) is 18.4. The number of β-amino-alcohol motifs (C(OH)–C–C–N with tert-alkyl or cyclic N) is 1. The molecule has 130 valence electrons. The number of carbonyl (C=O) groups excluding carboxylic acids is 1. The van der Waals surface area contributed by atoms with Crippen molar-refractivity contribution < 1.29 is 9.90 Å². The highest BCUT2D eigenvalue weighted by atomic mass is 35.5. The SMILES string of the molecule is Cl.Cl.O=C(Nc1ccc(Nc2ccccc2)nc1)C1CC(O)CN1. The van der Waals surface area contributed by atoms with Crippen LogP contribution in [0.2, 0.25) is 0 Å². The molecule has 1 aliphatic rings. The van der Waals surface area contributed by atoms with Gasteiger partial charge in [0, 0.05) is 12.2 Å². The van der Waals surface area contributed by atoms with Crippen molar-refractivity contribution in [1.29, 1.82) is 0 Å². The van der Waals surface area contributed by atoms with Crippen molar-refractivity contribution in [2.75, 3.05) is 17.2 Å². The van der Waals surface area contributed by atoms with Crippen LogP contribution in [0.15, 0.2) is 48.7 Å². The van der Waals surface area contributed by atoms with Crippen LogP contribution in [0.1, 0.15) is 6.42 Å². The number of amides is 1. The van der Waals surface area contributed by atoms with Gasteiger partial charge in [0.1, 0.15) is 5.82 Å². The fourth-order valence-electron chi connectivity index (χ4n) is 2.36. The van der Waals surface area contributed by atoms with Crippen molar-refractivity contribution in [3.63, 3.8) is 0 Å².